The number of fused-ring (bicyclic) bond motifs is 2. The van der Waals surface area contributed by atoms with Gasteiger partial charge in [-0.15, -0.1) is 11.3 Å². The van der Waals surface area contributed by atoms with E-state index in [2.05, 4.69) is 37.6 Å². The van der Waals surface area contributed by atoms with Crippen molar-refractivity contribution in [3.05, 3.63) is 20.8 Å². The molecule has 0 saturated carbocycles. The van der Waals surface area contributed by atoms with E-state index in [4.69, 9.17) is 0 Å². The fourth-order valence-electron chi connectivity index (χ4n) is 2.90. The lowest BCUT2D eigenvalue weighted by atomic mass is 9.94. The Bertz CT molecular complexity index is 366. The first-order valence-corrected chi connectivity index (χ1v) is 7.68. The average molecular weight is 301 g/mol. The zero-order valence-electron chi connectivity index (χ0n) is 9.29. The minimum atomic E-state index is 0.743. The summed E-state index contributed by atoms with van der Waals surface area (Å²) in [4.78, 5) is 4.03. The highest BCUT2D eigenvalue weighted by Gasteiger charge is 2.33. The van der Waals surface area contributed by atoms with Crippen molar-refractivity contribution in [3.63, 3.8) is 0 Å². The van der Waals surface area contributed by atoms with Gasteiger partial charge in [0.25, 0.3) is 0 Å². The van der Waals surface area contributed by atoms with E-state index in [-0.39, 0.29) is 0 Å². The van der Waals surface area contributed by atoms with Crippen LogP contribution in [0.25, 0.3) is 0 Å². The van der Waals surface area contributed by atoms with Crippen LogP contribution in [0.1, 0.15) is 17.7 Å². The fourth-order valence-corrected chi connectivity index (χ4v) is 4.34. The summed E-state index contributed by atoms with van der Waals surface area (Å²) in [6.07, 6.45) is 2.72. The van der Waals surface area contributed by atoms with Gasteiger partial charge in [-0.3, -0.25) is 0 Å². The monoisotopic (exact) mass is 300 g/mol. The zero-order valence-corrected chi connectivity index (χ0v) is 11.7. The summed E-state index contributed by atoms with van der Waals surface area (Å²) < 4.78 is 1.26. The van der Waals surface area contributed by atoms with Gasteiger partial charge >= 0.3 is 0 Å². The van der Waals surface area contributed by atoms with Gasteiger partial charge in [0.1, 0.15) is 0 Å². The molecule has 0 spiro atoms. The normalized spacial score (nSPS) is 33.2. The van der Waals surface area contributed by atoms with Gasteiger partial charge in [0, 0.05) is 28.5 Å². The van der Waals surface area contributed by atoms with Crippen LogP contribution in [0.4, 0.5) is 0 Å². The molecule has 0 aromatic carbocycles. The van der Waals surface area contributed by atoms with Gasteiger partial charge in [0.15, 0.2) is 0 Å². The van der Waals surface area contributed by atoms with E-state index in [1.54, 1.807) is 0 Å². The molecule has 1 aromatic rings. The molecular formula is C12H17BrN2S. The third-order valence-corrected chi connectivity index (χ3v) is 5.78. The van der Waals surface area contributed by atoms with Crippen LogP contribution in [0, 0.1) is 5.92 Å². The van der Waals surface area contributed by atoms with Crippen molar-refractivity contribution in [3.8, 4) is 0 Å². The van der Waals surface area contributed by atoms with Crippen LogP contribution in [0.2, 0.25) is 0 Å². The SMILES string of the molecule is Brc1ccsc1CNC1CCN2CCC1C2. The highest BCUT2D eigenvalue weighted by atomic mass is 79.9. The predicted molar refractivity (Wildman–Crippen MR) is 71.8 cm³/mol. The van der Waals surface area contributed by atoms with Crippen LogP contribution in [0.3, 0.4) is 0 Å². The van der Waals surface area contributed by atoms with Gasteiger partial charge in [-0.05, 0) is 59.2 Å². The number of rotatable bonds is 3. The molecule has 2 saturated heterocycles. The molecule has 4 heteroatoms. The first-order chi connectivity index (χ1) is 7.83. The number of hydrogen-bond acceptors (Lipinski definition) is 3. The van der Waals surface area contributed by atoms with Gasteiger partial charge in [-0.1, -0.05) is 0 Å². The lowest BCUT2D eigenvalue weighted by molar-refractivity contribution is 0.220. The van der Waals surface area contributed by atoms with Gasteiger partial charge in [0.2, 0.25) is 0 Å². The highest BCUT2D eigenvalue weighted by Crippen LogP contribution is 2.28. The lowest BCUT2D eigenvalue weighted by Crippen LogP contribution is -2.43. The number of hydrogen-bond donors (Lipinski definition) is 1. The maximum Gasteiger partial charge on any atom is 0.0327 e. The Labute approximate surface area is 109 Å². The van der Waals surface area contributed by atoms with Crippen molar-refractivity contribution < 1.29 is 0 Å². The second kappa shape index (κ2) is 4.77. The molecule has 2 aliphatic heterocycles. The number of thiophene rings is 1. The summed E-state index contributed by atoms with van der Waals surface area (Å²) in [5, 5.41) is 5.90. The largest absolute Gasteiger partial charge is 0.309 e. The van der Waals surface area contributed by atoms with Crippen molar-refractivity contribution in [2.45, 2.75) is 25.4 Å². The molecule has 1 N–H and O–H groups in total. The number of nitrogens with one attached hydrogen (secondary N) is 1. The zero-order chi connectivity index (χ0) is 11.0. The van der Waals surface area contributed by atoms with Crippen molar-refractivity contribution in [1.82, 2.24) is 10.2 Å². The van der Waals surface area contributed by atoms with Crippen LogP contribution < -0.4 is 5.32 Å². The molecule has 3 rings (SSSR count). The first kappa shape index (κ1) is 11.2. The van der Waals surface area contributed by atoms with Crippen LogP contribution in [-0.2, 0) is 6.54 Å². The molecule has 2 fully saturated rings. The molecule has 0 amide bonds. The van der Waals surface area contributed by atoms with Crippen molar-refractivity contribution in [2.75, 3.05) is 19.6 Å². The van der Waals surface area contributed by atoms with Crippen molar-refractivity contribution in [2.24, 2.45) is 5.92 Å². The standard InChI is InChI=1S/C12H17BrN2S/c13-10-3-6-16-12(10)7-14-11-2-5-15-4-1-9(11)8-15/h3,6,9,11,14H,1-2,4-5,7-8H2. The molecule has 3 atom stereocenters. The quantitative estimate of drug-likeness (QED) is 0.923. The van der Waals surface area contributed by atoms with Crippen LogP contribution in [0.15, 0.2) is 15.9 Å². The molecule has 0 radical (unpaired) electrons. The Hall–Kier alpha value is 0.1000. The molecule has 16 heavy (non-hydrogen) atoms. The maximum absolute atomic E-state index is 3.75. The van der Waals surface area contributed by atoms with E-state index in [0.717, 1.165) is 18.5 Å². The smallest absolute Gasteiger partial charge is 0.0327 e. The topological polar surface area (TPSA) is 15.3 Å². The van der Waals surface area contributed by atoms with Crippen LogP contribution in [0.5, 0.6) is 0 Å². The summed E-state index contributed by atoms with van der Waals surface area (Å²) in [6, 6.07) is 2.88. The number of piperidine rings is 1. The van der Waals surface area contributed by atoms with Crippen molar-refractivity contribution >= 4 is 27.3 Å². The van der Waals surface area contributed by atoms with Crippen LogP contribution >= 0.6 is 27.3 Å². The Kier molecular flexibility index (Phi) is 3.34. The molecule has 2 bridgehead atoms. The summed E-state index contributed by atoms with van der Waals surface area (Å²) in [7, 11) is 0. The van der Waals surface area contributed by atoms with Gasteiger partial charge in [-0.2, -0.15) is 0 Å². The Morgan fingerprint density at radius 2 is 2.31 bits per heavy atom. The van der Waals surface area contributed by atoms with Gasteiger partial charge in [0.05, 0.1) is 0 Å². The van der Waals surface area contributed by atoms with E-state index < -0.39 is 0 Å². The summed E-state index contributed by atoms with van der Waals surface area (Å²) in [5.74, 6) is 0.896. The van der Waals surface area contributed by atoms with Gasteiger partial charge in [-0.25, -0.2) is 0 Å². The van der Waals surface area contributed by atoms with E-state index >= 15 is 0 Å². The number of halogens is 1. The van der Waals surface area contributed by atoms with Gasteiger partial charge < -0.3 is 10.2 Å². The molecule has 1 aromatic heterocycles. The van der Waals surface area contributed by atoms with E-state index in [1.165, 1.54) is 41.8 Å². The van der Waals surface area contributed by atoms with E-state index in [1.807, 2.05) is 11.3 Å². The lowest BCUT2D eigenvalue weighted by Gasteiger charge is -2.31. The Morgan fingerprint density at radius 1 is 1.44 bits per heavy atom. The van der Waals surface area contributed by atoms with E-state index in [0.29, 0.717) is 0 Å². The van der Waals surface area contributed by atoms with Crippen LogP contribution in [-0.4, -0.2) is 30.6 Å². The maximum atomic E-state index is 3.75. The molecular weight excluding hydrogens is 284 g/mol. The second-order valence-corrected chi connectivity index (χ2v) is 6.67. The molecule has 2 aliphatic rings. The summed E-state index contributed by atoms with van der Waals surface area (Å²) >= 11 is 5.43. The highest BCUT2D eigenvalue weighted by molar-refractivity contribution is 9.10. The van der Waals surface area contributed by atoms with E-state index in [9.17, 15) is 0 Å². The van der Waals surface area contributed by atoms with Crippen molar-refractivity contribution in [1.29, 1.82) is 0 Å². The minimum Gasteiger partial charge on any atom is -0.309 e. The summed E-state index contributed by atoms with van der Waals surface area (Å²) in [5.41, 5.74) is 0. The molecule has 2 nitrogen and oxygen atoms in total. The molecule has 88 valence electrons. The second-order valence-electron chi connectivity index (χ2n) is 4.82. The first-order valence-electron chi connectivity index (χ1n) is 6.00. The number of nitrogens with zero attached hydrogens (tertiary/aromatic N) is 1. The predicted octanol–water partition coefficient (Wildman–Crippen LogP) is 2.69. The minimum absolute atomic E-state index is 0.743. The molecule has 3 unspecified atom stereocenters. The Morgan fingerprint density at radius 3 is 3.12 bits per heavy atom. The third kappa shape index (κ3) is 2.21. The fraction of sp³-hybridized carbons (Fsp3) is 0.667. The Balaban J connectivity index is 1.57. The molecule has 0 aliphatic carbocycles. The summed E-state index contributed by atoms with van der Waals surface area (Å²) in [6.45, 7) is 4.97. The third-order valence-electron chi connectivity index (χ3n) is 3.85. The average Bonchev–Trinajstić information content (AvgIpc) is 2.86. The molecule has 3 heterocycles.